The maximum Gasteiger partial charge on any atom is 0.258 e. The zero-order valence-electron chi connectivity index (χ0n) is 11.1. The van der Waals surface area contributed by atoms with Crippen LogP contribution in [0.3, 0.4) is 0 Å². The molecule has 0 aliphatic carbocycles. The number of hydrogen-bond donors (Lipinski definition) is 2. The van der Waals surface area contributed by atoms with Crippen molar-refractivity contribution < 1.29 is 14.4 Å². The maximum atomic E-state index is 13.9. The predicted molar refractivity (Wildman–Crippen MR) is 82.5 cm³/mol. The Balaban J connectivity index is 2.35. The largest absolute Gasteiger partial charge is 0.411 e. The van der Waals surface area contributed by atoms with E-state index in [0.29, 0.717) is 17.0 Å². The van der Waals surface area contributed by atoms with Crippen molar-refractivity contribution in [2.24, 2.45) is 5.16 Å². The SMILES string of the molecule is C/C(=N/O)c1ccccc1NC(=O)c1cccc(Br)c1F. The molecule has 2 aromatic carbocycles. The Morgan fingerprint density at radius 1 is 1.19 bits per heavy atom. The minimum absolute atomic E-state index is 0.0715. The van der Waals surface area contributed by atoms with Crippen LogP contribution in [-0.2, 0) is 0 Å². The number of amides is 1. The molecule has 6 heteroatoms. The molecule has 2 aromatic rings. The van der Waals surface area contributed by atoms with Gasteiger partial charge in [0.1, 0.15) is 5.82 Å². The fourth-order valence-electron chi connectivity index (χ4n) is 1.83. The van der Waals surface area contributed by atoms with Crippen LogP contribution in [0.25, 0.3) is 0 Å². The minimum Gasteiger partial charge on any atom is -0.411 e. The number of carbonyl (C=O) groups excluding carboxylic acids is 1. The molecule has 0 heterocycles. The molecule has 108 valence electrons. The van der Waals surface area contributed by atoms with Crippen LogP contribution in [-0.4, -0.2) is 16.8 Å². The number of benzene rings is 2. The van der Waals surface area contributed by atoms with Crippen LogP contribution < -0.4 is 5.32 Å². The van der Waals surface area contributed by atoms with Gasteiger partial charge in [0, 0.05) is 5.56 Å². The van der Waals surface area contributed by atoms with E-state index in [1.807, 2.05) is 0 Å². The fraction of sp³-hybridized carbons (Fsp3) is 0.0667. The molecule has 0 aromatic heterocycles. The van der Waals surface area contributed by atoms with E-state index in [1.165, 1.54) is 12.1 Å². The molecule has 0 bridgehead atoms. The van der Waals surface area contributed by atoms with Gasteiger partial charge in [0.25, 0.3) is 5.91 Å². The lowest BCUT2D eigenvalue weighted by molar-refractivity contribution is 0.102. The quantitative estimate of drug-likeness (QED) is 0.498. The van der Waals surface area contributed by atoms with E-state index in [-0.39, 0.29) is 10.0 Å². The molecule has 0 spiro atoms. The van der Waals surface area contributed by atoms with Gasteiger partial charge in [0.2, 0.25) is 0 Å². The van der Waals surface area contributed by atoms with Gasteiger partial charge in [-0.2, -0.15) is 0 Å². The summed E-state index contributed by atoms with van der Waals surface area (Å²) in [6.07, 6.45) is 0. The lowest BCUT2D eigenvalue weighted by Crippen LogP contribution is -2.16. The lowest BCUT2D eigenvalue weighted by atomic mass is 10.1. The smallest absolute Gasteiger partial charge is 0.258 e. The number of nitrogens with one attached hydrogen (secondary N) is 1. The van der Waals surface area contributed by atoms with Crippen molar-refractivity contribution in [2.45, 2.75) is 6.92 Å². The third kappa shape index (κ3) is 3.28. The fourth-order valence-corrected chi connectivity index (χ4v) is 2.20. The molecule has 0 aliphatic heterocycles. The zero-order valence-corrected chi connectivity index (χ0v) is 12.7. The highest BCUT2D eigenvalue weighted by Crippen LogP contribution is 2.21. The summed E-state index contributed by atoms with van der Waals surface area (Å²) in [6, 6.07) is 11.3. The monoisotopic (exact) mass is 350 g/mol. The van der Waals surface area contributed by atoms with Gasteiger partial charge in [0.05, 0.1) is 21.4 Å². The molecule has 2 N–H and O–H groups in total. The van der Waals surface area contributed by atoms with Crippen molar-refractivity contribution in [1.29, 1.82) is 0 Å². The highest BCUT2D eigenvalue weighted by Gasteiger charge is 2.15. The van der Waals surface area contributed by atoms with Crippen LogP contribution in [0.1, 0.15) is 22.8 Å². The van der Waals surface area contributed by atoms with E-state index in [1.54, 1.807) is 37.3 Å². The number of hydrogen-bond acceptors (Lipinski definition) is 3. The van der Waals surface area contributed by atoms with Crippen LogP contribution in [0.4, 0.5) is 10.1 Å². The van der Waals surface area contributed by atoms with Gasteiger partial charge >= 0.3 is 0 Å². The van der Waals surface area contributed by atoms with E-state index in [2.05, 4.69) is 26.4 Å². The first-order chi connectivity index (χ1) is 10.0. The molecule has 0 fully saturated rings. The van der Waals surface area contributed by atoms with Gasteiger partial charge in [-0.05, 0) is 41.1 Å². The summed E-state index contributed by atoms with van der Waals surface area (Å²) in [5.74, 6) is -1.20. The second kappa shape index (κ2) is 6.49. The average molecular weight is 351 g/mol. The van der Waals surface area contributed by atoms with E-state index in [4.69, 9.17) is 5.21 Å². The molecule has 0 saturated heterocycles. The Morgan fingerprint density at radius 3 is 2.57 bits per heavy atom. The standard InChI is InChI=1S/C15H12BrFN2O2/c1-9(19-21)10-5-2-3-8-13(10)18-15(20)11-6-4-7-12(16)14(11)17/h2-8,21H,1H3,(H,18,20)/b19-9-. The predicted octanol–water partition coefficient (Wildman–Crippen LogP) is 4.04. The highest BCUT2D eigenvalue weighted by molar-refractivity contribution is 9.10. The number of carbonyl (C=O) groups is 1. The summed E-state index contributed by atoms with van der Waals surface area (Å²) >= 11 is 3.04. The number of rotatable bonds is 3. The van der Waals surface area contributed by atoms with Gasteiger partial charge in [-0.1, -0.05) is 29.4 Å². The first kappa shape index (κ1) is 15.2. The number of halogens is 2. The molecule has 2 rings (SSSR count). The molecule has 0 atom stereocenters. The lowest BCUT2D eigenvalue weighted by Gasteiger charge is -2.11. The third-order valence-electron chi connectivity index (χ3n) is 2.91. The van der Waals surface area contributed by atoms with Crippen molar-refractivity contribution in [2.75, 3.05) is 5.32 Å². The molecule has 4 nitrogen and oxygen atoms in total. The summed E-state index contributed by atoms with van der Waals surface area (Å²) in [5, 5.41) is 14.6. The molecular formula is C15H12BrFN2O2. The number of nitrogens with zero attached hydrogens (tertiary/aromatic N) is 1. The molecule has 0 aliphatic rings. The topological polar surface area (TPSA) is 61.7 Å². The van der Waals surface area contributed by atoms with Crippen LogP contribution in [0.15, 0.2) is 52.1 Å². The Hall–Kier alpha value is -2.21. The molecule has 21 heavy (non-hydrogen) atoms. The van der Waals surface area contributed by atoms with Crippen molar-refractivity contribution in [3.63, 3.8) is 0 Å². The van der Waals surface area contributed by atoms with Crippen LogP contribution in [0.2, 0.25) is 0 Å². The van der Waals surface area contributed by atoms with Crippen molar-refractivity contribution in [3.8, 4) is 0 Å². The zero-order chi connectivity index (χ0) is 15.4. The van der Waals surface area contributed by atoms with E-state index < -0.39 is 11.7 Å². The Kier molecular flexibility index (Phi) is 4.70. The first-order valence-electron chi connectivity index (χ1n) is 6.08. The maximum absolute atomic E-state index is 13.9. The highest BCUT2D eigenvalue weighted by atomic mass is 79.9. The Bertz CT molecular complexity index is 717. The number of para-hydroxylation sites is 1. The van der Waals surface area contributed by atoms with Crippen LogP contribution in [0.5, 0.6) is 0 Å². The molecule has 1 amide bonds. The summed E-state index contributed by atoms with van der Waals surface area (Å²) in [7, 11) is 0. The van der Waals surface area contributed by atoms with Crippen molar-refractivity contribution >= 4 is 33.2 Å². The van der Waals surface area contributed by atoms with Gasteiger partial charge < -0.3 is 10.5 Å². The molecular weight excluding hydrogens is 339 g/mol. The number of oxime groups is 1. The first-order valence-corrected chi connectivity index (χ1v) is 6.87. The van der Waals surface area contributed by atoms with Crippen LogP contribution in [0, 0.1) is 5.82 Å². The van der Waals surface area contributed by atoms with E-state index >= 15 is 0 Å². The third-order valence-corrected chi connectivity index (χ3v) is 3.52. The minimum atomic E-state index is -0.625. The summed E-state index contributed by atoms with van der Waals surface area (Å²) in [5.41, 5.74) is 1.28. The summed E-state index contributed by atoms with van der Waals surface area (Å²) in [6.45, 7) is 1.60. The average Bonchev–Trinajstić information content (AvgIpc) is 2.49. The Labute approximate surface area is 129 Å². The molecule has 0 unspecified atom stereocenters. The van der Waals surface area contributed by atoms with E-state index in [9.17, 15) is 9.18 Å². The summed E-state index contributed by atoms with van der Waals surface area (Å²) in [4.78, 5) is 12.2. The molecule has 0 saturated carbocycles. The number of anilines is 1. The van der Waals surface area contributed by atoms with Crippen LogP contribution >= 0.6 is 15.9 Å². The van der Waals surface area contributed by atoms with E-state index in [0.717, 1.165) is 0 Å². The van der Waals surface area contributed by atoms with Gasteiger partial charge in [-0.25, -0.2) is 4.39 Å². The van der Waals surface area contributed by atoms with Gasteiger partial charge in [-0.3, -0.25) is 4.79 Å². The summed E-state index contributed by atoms with van der Waals surface area (Å²) < 4.78 is 14.1. The van der Waals surface area contributed by atoms with Gasteiger partial charge in [-0.15, -0.1) is 0 Å². The Morgan fingerprint density at radius 2 is 1.86 bits per heavy atom. The van der Waals surface area contributed by atoms with Crippen molar-refractivity contribution in [1.82, 2.24) is 0 Å². The second-order valence-corrected chi connectivity index (χ2v) is 5.14. The molecule has 0 radical (unpaired) electrons. The van der Waals surface area contributed by atoms with Gasteiger partial charge in [0.15, 0.2) is 0 Å². The normalized spacial score (nSPS) is 11.3. The second-order valence-electron chi connectivity index (χ2n) is 4.29. The van der Waals surface area contributed by atoms with Crippen molar-refractivity contribution in [3.05, 3.63) is 63.9 Å².